The van der Waals surface area contributed by atoms with E-state index in [0.717, 1.165) is 47.8 Å². The molecule has 1 fully saturated rings. The summed E-state index contributed by atoms with van der Waals surface area (Å²) in [5.74, 6) is 1.63. The molecule has 4 heteroatoms. The van der Waals surface area contributed by atoms with E-state index in [1.165, 1.54) is 0 Å². The molecular weight excluding hydrogens is 222 g/mol. The average Bonchev–Trinajstić information content (AvgIpc) is 2.76. The molecule has 1 aromatic heterocycles. The molecule has 0 saturated carbocycles. The number of benzene rings is 1. The van der Waals surface area contributed by atoms with E-state index < -0.39 is 0 Å². The van der Waals surface area contributed by atoms with Gasteiger partial charge in [-0.2, -0.15) is 0 Å². The van der Waals surface area contributed by atoms with Crippen molar-refractivity contribution in [3.05, 3.63) is 29.0 Å². The second kappa shape index (κ2) is 4.07. The summed E-state index contributed by atoms with van der Waals surface area (Å²) in [7, 11) is 0. The SMILES string of the molecule is Clc1cccc2[nH]c(C3CCNCC3)nc12. The fourth-order valence-corrected chi connectivity index (χ4v) is 2.52. The maximum atomic E-state index is 6.11. The van der Waals surface area contributed by atoms with Crippen LogP contribution in [0.15, 0.2) is 18.2 Å². The van der Waals surface area contributed by atoms with Crippen LogP contribution in [0.2, 0.25) is 5.02 Å². The normalized spacial score (nSPS) is 18.1. The van der Waals surface area contributed by atoms with Gasteiger partial charge in [-0.3, -0.25) is 0 Å². The molecule has 1 aromatic carbocycles. The molecule has 1 aliphatic heterocycles. The van der Waals surface area contributed by atoms with Gasteiger partial charge in [-0.15, -0.1) is 0 Å². The van der Waals surface area contributed by atoms with E-state index in [1.54, 1.807) is 0 Å². The van der Waals surface area contributed by atoms with E-state index in [-0.39, 0.29) is 0 Å². The van der Waals surface area contributed by atoms with Crippen LogP contribution in [0.4, 0.5) is 0 Å². The van der Waals surface area contributed by atoms with Crippen LogP contribution in [-0.2, 0) is 0 Å². The van der Waals surface area contributed by atoms with Crippen LogP contribution in [0.25, 0.3) is 11.0 Å². The van der Waals surface area contributed by atoms with Crippen molar-refractivity contribution in [3.63, 3.8) is 0 Å². The van der Waals surface area contributed by atoms with Crippen LogP contribution in [0.3, 0.4) is 0 Å². The molecule has 0 radical (unpaired) electrons. The average molecular weight is 236 g/mol. The minimum absolute atomic E-state index is 0.546. The predicted octanol–water partition coefficient (Wildman–Crippen LogP) is 2.68. The van der Waals surface area contributed by atoms with Gasteiger partial charge in [0.05, 0.1) is 10.5 Å². The topological polar surface area (TPSA) is 40.7 Å². The molecule has 3 nitrogen and oxygen atoms in total. The quantitative estimate of drug-likeness (QED) is 0.798. The number of halogens is 1. The van der Waals surface area contributed by atoms with Gasteiger partial charge in [0.15, 0.2) is 0 Å². The number of aromatic nitrogens is 2. The number of aromatic amines is 1. The standard InChI is InChI=1S/C12H14ClN3/c13-9-2-1-3-10-11(9)16-12(15-10)8-4-6-14-7-5-8/h1-3,8,14H,4-7H2,(H,15,16). The zero-order chi connectivity index (χ0) is 11.0. The second-order valence-electron chi connectivity index (χ2n) is 4.28. The molecule has 16 heavy (non-hydrogen) atoms. The number of hydrogen-bond donors (Lipinski definition) is 2. The Morgan fingerprint density at radius 2 is 2.06 bits per heavy atom. The fourth-order valence-electron chi connectivity index (χ4n) is 2.30. The molecule has 3 rings (SSSR count). The Labute approximate surface area is 99.2 Å². The van der Waals surface area contributed by atoms with Crippen molar-refractivity contribution in [2.45, 2.75) is 18.8 Å². The summed E-state index contributed by atoms with van der Waals surface area (Å²) in [4.78, 5) is 8.00. The van der Waals surface area contributed by atoms with Crippen molar-refractivity contribution >= 4 is 22.6 Å². The summed E-state index contributed by atoms with van der Waals surface area (Å²) in [6.45, 7) is 2.16. The maximum Gasteiger partial charge on any atom is 0.110 e. The smallest absolute Gasteiger partial charge is 0.110 e. The summed E-state index contributed by atoms with van der Waals surface area (Å²) in [5.41, 5.74) is 1.94. The monoisotopic (exact) mass is 235 g/mol. The first-order chi connectivity index (χ1) is 7.84. The number of piperidine rings is 1. The van der Waals surface area contributed by atoms with Gasteiger partial charge < -0.3 is 10.3 Å². The lowest BCUT2D eigenvalue weighted by Crippen LogP contribution is -2.27. The van der Waals surface area contributed by atoms with Crippen LogP contribution in [0.5, 0.6) is 0 Å². The largest absolute Gasteiger partial charge is 0.342 e. The summed E-state index contributed by atoms with van der Waals surface area (Å²) in [5, 5.41) is 4.09. The molecule has 84 valence electrons. The number of hydrogen-bond acceptors (Lipinski definition) is 2. The lowest BCUT2D eigenvalue weighted by atomic mass is 9.98. The first kappa shape index (κ1) is 10.1. The van der Waals surface area contributed by atoms with Crippen LogP contribution < -0.4 is 5.32 Å². The molecule has 1 saturated heterocycles. The molecule has 0 amide bonds. The fraction of sp³-hybridized carbons (Fsp3) is 0.417. The number of imidazole rings is 1. The van der Waals surface area contributed by atoms with Gasteiger partial charge >= 0.3 is 0 Å². The third-order valence-electron chi connectivity index (χ3n) is 3.21. The molecule has 2 N–H and O–H groups in total. The molecule has 2 aromatic rings. The molecule has 1 aliphatic rings. The minimum Gasteiger partial charge on any atom is -0.342 e. The zero-order valence-corrected chi connectivity index (χ0v) is 9.72. The van der Waals surface area contributed by atoms with E-state index in [9.17, 15) is 0 Å². The van der Waals surface area contributed by atoms with Gasteiger partial charge in [-0.1, -0.05) is 17.7 Å². The van der Waals surface area contributed by atoms with Crippen molar-refractivity contribution < 1.29 is 0 Å². The lowest BCUT2D eigenvalue weighted by molar-refractivity contribution is 0.448. The Bertz CT molecular complexity index is 500. The van der Waals surface area contributed by atoms with Crippen LogP contribution >= 0.6 is 11.6 Å². The Kier molecular flexibility index (Phi) is 2.58. The summed E-state index contributed by atoms with van der Waals surface area (Å²) < 4.78 is 0. The molecule has 2 heterocycles. The summed E-state index contributed by atoms with van der Waals surface area (Å²) in [6.07, 6.45) is 2.30. The second-order valence-corrected chi connectivity index (χ2v) is 4.69. The summed E-state index contributed by atoms with van der Waals surface area (Å²) in [6, 6.07) is 5.87. The summed E-state index contributed by atoms with van der Waals surface area (Å²) >= 11 is 6.11. The molecule has 0 unspecified atom stereocenters. The maximum absolute atomic E-state index is 6.11. The van der Waals surface area contributed by atoms with Gasteiger partial charge in [0.2, 0.25) is 0 Å². The Hall–Kier alpha value is -1.06. The van der Waals surface area contributed by atoms with Crippen LogP contribution in [-0.4, -0.2) is 23.1 Å². The number of para-hydroxylation sites is 1. The first-order valence-corrected chi connectivity index (χ1v) is 6.07. The van der Waals surface area contributed by atoms with Crippen molar-refractivity contribution in [2.75, 3.05) is 13.1 Å². The van der Waals surface area contributed by atoms with E-state index in [1.807, 2.05) is 18.2 Å². The van der Waals surface area contributed by atoms with Crippen LogP contribution in [0, 0.1) is 0 Å². The zero-order valence-electron chi connectivity index (χ0n) is 8.96. The molecule has 0 atom stereocenters. The first-order valence-electron chi connectivity index (χ1n) is 5.69. The van der Waals surface area contributed by atoms with Crippen LogP contribution in [0.1, 0.15) is 24.6 Å². The number of fused-ring (bicyclic) bond motifs is 1. The Morgan fingerprint density at radius 1 is 1.25 bits per heavy atom. The highest BCUT2D eigenvalue weighted by Gasteiger charge is 2.18. The molecule has 0 spiro atoms. The predicted molar refractivity (Wildman–Crippen MR) is 65.9 cm³/mol. The van der Waals surface area contributed by atoms with Gasteiger partial charge in [0.1, 0.15) is 11.3 Å². The Balaban J connectivity index is 2.01. The highest BCUT2D eigenvalue weighted by Crippen LogP contribution is 2.27. The molecule has 0 aliphatic carbocycles. The van der Waals surface area contributed by atoms with Gasteiger partial charge in [0, 0.05) is 5.92 Å². The number of H-pyrrole nitrogens is 1. The highest BCUT2D eigenvalue weighted by atomic mass is 35.5. The van der Waals surface area contributed by atoms with Gasteiger partial charge in [-0.25, -0.2) is 4.98 Å². The molecular formula is C12H14ClN3. The van der Waals surface area contributed by atoms with E-state index in [2.05, 4.69) is 15.3 Å². The third kappa shape index (κ3) is 1.70. The molecule has 0 bridgehead atoms. The van der Waals surface area contributed by atoms with E-state index in [0.29, 0.717) is 5.92 Å². The van der Waals surface area contributed by atoms with Gasteiger partial charge in [-0.05, 0) is 38.1 Å². The lowest BCUT2D eigenvalue weighted by Gasteiger charge is -2.20. The highest BCUT2D eigenvalue weighted by molar-refractivity contribution is 6.34. The van der Waals surface area contributed by atoms with Gasteiger partial charge in [0.25, 0.3) is 0 Å². The van der Waals surface area contributed by atoms with E-state index >= 15 is 0 Å². The third-order valence-corrected chi connectivity index (χ3v) is 3.51. The van der Waals surface area contributed by atoms with Crippen molar-refractivity contribution in [1.82, 2.24) is 15.3 Å². The minimum atomic E-state index is 0.546. The Morgan fingerprint density at radius 3 is 2.81 bits per heavy atom. The number of nitrogens with one attached hydrogen (secondary N) is 2. The van der Waals surface area contributed by atoms with Crippen molar-refractivity contribution in [2.24, 2.45) is 0 Å². The van der Waals surface area contributed by atoms with E-state index in [4.69, 9.17) is 11.6 Å². The number of rotatable bonds is 1. The van der Waals surface area contributed by atoms with Crippen molar-refractivity contribution in [1.29, 1.82) is 0 Å². The number of nitrogens with zero attached hydrogens (tertiary/aromatic N) is 1. The van der Waals surface area contributed by atoms with Crippen molar-refractivity contribution in [3.8, 4) is 0 Å².